The van der Waals surface area contributed by atoms with Gasteiger partial charge in [-0.3, -0.25) is 4.79 Å². The topological polar surface area (TPSA) is 69.3 Å². The Balaban J connectivity index is 2.17. The normalized spacial score (nSPS) is 16.2. The maximum absolute atomic E-state index is 12.6. The Morgan fingerprint density at radius 3 is 2.57 bits per heavy atom. The first kappa shape index (κ1) is 17.1. The Morgan fingerprint density at radius 2 is 2.09 bits per heavy atom. The van der Waals surface area contributed by atoms with Crippen LogP contribution in [0.5, 0.6) is 0 Å². The van der Waals surface area contributed by atoms with Gasteiger partial charge in [0.15, 0.2) is 0 Å². The van der Waals surface area contributed by atoms with Gasteiger partial charge in [-0.15, -0.1) is 0 Å². The van der Waals surface area contributed by atoms with E-state index in [1.54, 1.807) is 0 Å². The molecule has 1 aromatic rings. The maximum atomic E-state index is 12.6. The van der Waals surface area contributed by atoms with Crippen molar-refractivity contribution >= 4 is 12.6 Å². The van der Waals surface area contributed by atoms with Gasteiger partial charge in [-0.2, -0.15) is 0 Å². The molecule has 124 valence electrons. The van der Waals surface area contributed by atoms with Gasteiger partial charge in [0.2, 0.25) is 0 Å². The highest BCUT2D eigenvalue weighted by Gasteiger charge is 2.38. The van der Waals surface area contributed by atoms with Gasteiger partial charge < -0.3 is 15.6 Å². The number of hydrogen-bond donors (Lipinski definition) is 3. The van der Waals surface area contributed by atoms with Crippen molar-refractivity contribution in [3.8, 4) is 0 Å². The Hall–Kier alpha value is -2.30. The lowest BCUT2D eigenvalue weighted by atomic mass is 10.0. The fourth-order valence-corrected chi connectivity index (χ4v) is 2.48. The minimum absolute atomic E-state index is 0.0886. The molecule has 1 aromatic heterocycles. The summed E-state index contributed by atoms with van der Waals surface area (Å²) in [6.07, 6.45) is 4.07. The molecule has 0 bridgehead atoms. The van der Waals surface area contributed by atoms with E-state index in [-0.39, 0.29) is 11.4 Å². The van der Waals surface area contributed by atoms with Crippen LogP contribution >= 0.6 is 0 Å². The van der Waals surface area contributed by atoms with E-state index in [1.165, 1.54) is 0 Å². The van der Waals surface area contributed by atoms with Crippen molar-refractivity contribution in [2.24, 2.45) is 4.99 Å². The highest BCUT2D eigenvalue weighted by atomic mass is 16.1. The van der Waals surface area contributed by atoms with Gasteiger partial charge in [-0.25, -0.2) is 4.99 Å². The van der Waals surface area contributed by atoms with Gasteiger partial charge in [0.1, 0.15) is 5.82 Å². The minimum Gasteiger partial charge on any atom is -0.365 e. The number of amides is 1. The fraction of sp³-hybridized carbons (Fsp3) is 0.444. The van der Waals surface area contributed by atoms with Gasteiger partial charge in [0, 0.05) is 28.6 Å². The first-order valence-corrected chi connectivity index (χ1v) is 7.90. The lowest BCUT2D eigenvalue weighted by molar-refractivity contribution is -0.117. The van der Waals surface area contributed by atoms with E-state index in [0.29, 0.717) is 17.9 Å². The van der Waals surface area contributed by atoms with Gasteiger partial charge in [-0.05, 0) is 59.4 Å². The number of aromatic amines is 1. The van der Waals surface area contributed by atoms with E-state index in [0.717, 1.165) is 29.7 Å². The fourth-order valence-electron chi connectivity index (χ4n) is 2.48. The molecule has 0 saturated heterocycles. The molecule has 0 aromatic carbocycles. The van der Waals surface area contributed by atoms with Crippen molar-refractivity contribution in [2.75, 3.05) is 0 Å². The Morgan fingerprint density at radius 1 is 1.39 bits per heavy atom. The van der Waals surface area contributed by atoms with Crippen LogP contribution in [0.25, 0.3) is 0 Å². The highest BCUT2D eigenvalue weighted by molar-refractivity contribution is 5.98. The van der Waals surface area contributed by atoms with Crippen molar-refractivity contribution in [3.05, 3.63) is 46.6 Å². The monoisotopic (exact) mass is 314 g/mol. The first-order valence-electron chi connectivity index (χ1n) is 7.90. The van der Waals surface area contributed by atoms with Crippen LogP contribution < -0.4 is 10.6 Å². The average Bonchev–Trinajstić information content (AvgIpc) is 3.01. The second-order valence-corrected chi connectivity index (χ2v) is 6.57. The van der Waals surface area contributed by atoms with Crippen LogP contribution in [0, 0.1) is 0 Å². The molecule has 1 saturated carbocycles. The zero-order chi connectivity index (χ0) is 17.0. The summed E-state index contributed by atoms with van der Waals surface area (Å²) in [5.41, 5.74) is 3.51. The maximum Gasteiger partial charge on any atom is 0.251 e. The molecule has 23 heavy (non-hydrogen) atoms. The second-order valence-electron chi connectivity index (χ2n) is 6.57. The molecule has 0 unspecified atom stereocenters. The van der Waals surface area contributed by atoms with Crippen LogP contribution in [-0.2, 0) is 11.3 Å². The Bertz CT molecular complexity index is 645. The largest absolute Gasteiger partial charge is 0.365 e. The number of aromatic nitrogens is 1. The third kappa shape index (κ3) is 4.34. The third-order valence-corrected chi connectivity index (χ3v) is 4.14. The SMILES string of the molecule is C=N/C(NC1(C)CC1)=C(\C)C(C(=O)NCc1ccc[nH]1)=C(C)C. The van der Waals surface area contributed by atoms with Crippen molar-refractivity contribution in [2.45, 2.75) is 52.6 Å². The smallest absolute Gasteiger partial charge is 0.251 e. The molecule has 1 fully saturated rings. The van der Waals surface area contributed by atoms with Crippen molar-refractivity contribution in [1.29, 1.82) is 0 Å². The van der Waals surface area contributed by atoms with Crippen LogP contribution in [-0.4, -0.2) is 23.1 Å². The lowest BCUT2D eigenvalue weighted by Crippen LogP contribution is -2.30. The van der Waals surface area contributed by atoms with Crippen molar-refractivity contribution in [3.63, 3.8) is 0 Å². The number of allylic oxidation sites excluding steroid dienone is 1. The lowest BCUT2D eigenvalue weighted by Gasteiger charge is -2.18. The molecule has 1 heterocycles. The third-order valence-electron chi connectivity index (χ3n) is 4.14. The molecule has 1 aliphatic carbocycles. The van der Waals surface area contributed by atoms with Crippen molar-refractivity contribution < 1.29 is 4.79 Å². The summed E-state index contributed by atoms with van der Waals surface area (Å²) < 4.78 is 0. The number of nitrogens with zero attached hydrogens (tertiary/aromatic N) is 1. The molecule has 0 spiro atoms. The van der Waals surface area contributed by atoms with Gasteiger partial charge >= 0.3 is 0 Å². The highest BCUT2D eigenvalue weighted by Crippen LogP contribution is 2.36. The molecular weight excluding hydrogens is 288 g/mol. The van der Waals surface area contributed by atoms with Gasteiger partial charge in [0.25, 0.3) is 5.91 Å². The molecule has 2 rings (SSSR count). The Labute approximate surface area is 138 Å². The predicted octanol–water partition coefficient (Wildman–Crippen LogP) is 3.04. The zero-order valence-corrected chi connectivity index (χ0v) is 14.4. The van der Waals surface area contributed by atoms with Crippen LogP contribution in [0.4, 0.5) is 0 Å². The van der Waals surface area contributed by atoms with Crippen LogP contribution in [0.2, 0.25) is 0 Å². The van der Waals surface area contributed by atoms with E-state index in [2.05, 4.69) is 34.3 Å². The number of nitrogens with one attached hydrogen (secondary N) is 3. The van der Waals surface area contributed by atoms with E-state index in [4.69, 9.17) is 0 Å². The molecule has 5 heteroatoms. The van der Waals surface area contributed by atoms with Gasteiger partial charge in [0.05, 0.1) is 6.54 Å². The van der Waals surface area contributed by atoms with Crippen LogP contribution in [0.15, 0.2) is 45.9 Å². The summed E-state index contributed by atoms with van der Waals surface area (Å²) >= 11 is 0. The predicted molar refractivity (Wildman–Crippen MR) is 94.0 cm³/mol. The molecule has 1 amide bonds. The molecular formula is C18H26N4O. The standard InChI is InChI=1S/C18H26N4O/c1-12(2)15(17(23)21-11-14-7-6-10-20-14)13(3)16(19-5)22-18(4)8-9-18/h6-7,10,20,22H,5,8-9,11H2,1-4H3,(H,21,23)/b16-13-. The number of H-pyrrole nitrogens is 1. The van der Waals surface area contributed by atoms with E-state index in [1.807, 2.05) is 39.1 Å². The second kappa shape index (κ2) is 6.86. The molecule has 1 aliphatic rings. The summed E-state index contributed by atoms with van der Waals surface area (Å²) in [6, 6.07) is 3.85. The first-order chi connectivity index (χ1) is 10.9. The number of hydrogen-bond acceptors (Lipinski definition) is 3. The van der Waals surface area contributed by atoms with Crippen molar-refractivity contribution in [1.82, 2.24) is 15.6 Å². The molecule has 0 aliphatic heterocycles. The summed E-state index contributed by atoms with van der Waals surface area (Å²) in [5, 5.41) is 6.36. The molecule has 0 atom stereocenters. The Kier molecular flexibility index (Phi) is 5.08. The summed E-state index contributed by atoms with van der Waals surface area (Å²) in [6.45, 7) is 12.1. The van der Waals surface area contributed by atoms with E-state index in [9.17, 15) is 4.79 Å². The summed E-state index contributed by atoms with van der Waals surface area (Å²) in [7, 11) is 0. The zero-order valence-electron chi connectivity index (χ0n) is 14.4. The minimum atomic E-state index is -0.0963. The number of carbonyl (C=O) groups excluding carboxylic acids is 1. The number of carbonyl (C=O) groups is 1. The van der Waals surface area contributed by atoms with Crippen LogP contribution in [0.3, 0.4) is 0 Å². The van der Waals surface area contributed by atoms with Crippen LogP contribution in [0.1, 0.15) is 46.2 Å². The number of aliphatic imine (C=N–C) groups is 1. The van der Waals surface area contributed by atoms with E-state index >= 15 is 0 Å². The van der Waals surface area contributed by atoms with Gasteiger partial charge in [-0.1, -0.05) is 5.57 Å². The van der Waals surface area contributed by atoms with E-state index < -0.39 is 0 Å². The average molecular weight is 314 g/mol. The molecule has 0 radical (unpaired) electrons. The summed E-state index contributed by atoms with van der Waals surface area (Å²) in [5.74, 6) is 0.595. The molecule has 3 N–H and O–H groups in total. The molecule has 5 nitrogen and oxygen atoms in total. The quantitative estimate of drug-likeness (QED) is 0.411. The summed E-state index contributed by atoms with van der Waals surface area (Å²) in [4.78, 5) is 19.8. The number of rotatable bonds is 7.